The molecule has 0 amide bonds. The second-order valence-electron chi connectivity index (χ2n) is 3.12. The van der Waals surface area contributed by atoms with E-state index >= 15 is 0 Å². The van der Waals surface area contributed by atoms with Gasteiger partial charge in [-0.15, -0.1) is 0 Å². The second kappa shape index (κ2) is 10.2. The third-order valence-electron chi connectivity index (χ3n) is 1.96. The molecule has 0 heterocycles. The molecule has 0 rings (SSSR count). The van der Waals surface area contributed by atoms with Crippen molar-refractivity contribution in [3.8, 4) is 0 Å². The zero-order valence-electron chi connectivity index (χ0n) is 7.66. The average molecular weight is 245 g/mol. The summed E-state index contributed by atoms with van der Waals surface area (Å²) >= 11 is 0.0821. The van der Waals surface area contributed by atoms with Gasteiger partial charge in [0.05, 0.1) is 0 Å². The normalized spacial score (nSPS) is 8.60. The van der Waals surface area contributed by atoms with Crippen LogP contribution in [0.1, 0.15) is 26.7 Å². The Bertz CT molecular complexity index is 47.2. The average Bonchev–Trinajstić information content (AvgIpc) is 1.97. The minimum atomic E-state index is 0.0411. The fourth-order valence-electron chi connectivity index (χ4n) is 1.21. The molecule has 0 aromatic carbocycles. The topological polar surface area (TPSA) is 0 Å². The molecule has 0 aliphatic heterocycles. The van der Waals surface area contributed by atoms with Gasteiger partial charge in [0.1, 0.15) is 0 Å². The molecule has 0 aliphatic rings. The van der Waals surface area contributed by atoms with Gasteiger partial charge in [-0.05, 0) is 0 Å². The molecule has 0 unspecified atom stereocenters. The van der Waals surface area contributed by atoms with E-state index in [2.05, 4.69) is 13.8 Å². The van der Waals surface area contributed by atoms with Crippen molar-refractivity contribution >= 4 is 0 Å². The molecular weight excluding hydrogens is 227 g/mol. The number of unbranched alkanes of at least 4 members (excludes halogenated alkanes) is 1. The Hall–Kier alpha value is 1.25. The van der Waals surface area contributed by atoms with E-state index in [4.69, 9.17) is 0 Å². The third-order valence-corrected chi connectivity index (χ3v) is 9.12. The van der Waals surface area contributed by atoms with Gasteiger partial charge in [-0.25, -0.2) is 0 Å². The quantitative estimate of drug-likeness (QED) is 0.474. The maximum absolute atomic E-state index is 2.36. The predicted octanol–water partition coefficient (Wildman–Crippen LogP) is 3.64. The van der Waals surface area contributed by atoms with E-state index < -0.39 is 0 Å². The molecule has 0 atom stereocenters. The molecule has 0 spiro atoms. The van der Waals surface area contributed by atoms with Crippen molar-refractivity contribution in [3.05, 3.63) is 0 Å². The van der Waals surface area contributed by atoms with Crippen LogP contribution in [0, 0.1) is 0 Å². The minimum absolute atomic E-state index is 0.0411. The standard InChI is InChI=1S/C4H8.2C2H5.2Zn/c1-3-4-2;2*1-2;;/h1-4H2;2*1H2,2H3;;. The van der Waals surface area contributed by atoms with Crippen molar-refractivity contribution in [1.29, 1.82) is 0 Å². The molecule has 0 fully saturated rings. The SMILES string of the molecule is C[CH2][Zn][CH2]CC[CH2][Zn][CH2]C. The van der Waals surface area contributed by atoms with E-state index in [1.54, 1.807) is 32.9 Å². The van der Waals surface area contributed by atoms with E-state index in [1.807, 2.05) is 0 Å². The predicted molar refractivity (Wildman–Crippen MR) is 39.8 cm³/mol. The molecule has 0 aromatic heterocycles. The Morgan fingerprint density at radius 1 is 0.800 bits per heavy atom. The molecule has 0 aromatic rings. The van der Waals surface area contributed by atoms with Gasteiger partial charge in [-0.1, -0.05) is 0 Å². The summed E-state index contributed by atoms with van der Waals surface area (Å²) in [6.45, 7) is 4.73. The molecule has 10 heavy (non-hydrogen) atoms. The molecular formula is C8H18Zn2. The van der Waals surface area contributed by atoms with E-state index in [9.17, 15) is 0 Å². The number of hydrogen-bond donors (Lipinski definition) is 0. The van der Waals surface area contributed by atoms with Crippen LogP contribution in [0.2, 0.25) is 20.1 Å². The van der Waals surface area contributed by atoms with Gasteiger partial charge in [0.2, 0.25) is 0 Å². The first-order valence-electron chi connectivity index (χ1n) is 4.91. The molecule has 54 valence electrons. The van der Waals surface area contributed by atoms with Gasteiger partial charge in [0.25, 0.3) is 0 Å². The molecule has 0 N–H and O–H groups in total. The third kappa shape index (κ3) is 9.25. The van der Waals surface area contributed by atoms with E-state index in [-0.39, 0.29) is 34.3 Å². The fraction of sp³-hybridized carbons (Fsp3) is 1.00. The second-order valence-corrected chi connectivity index (χ2v) is 13.3. The van der Waals surface area contributed by atoms with Gasteiger partial charge in [0.15, 0.2) is 0 Å². The summed E-state index contributed by atoms with van der Waals surface area (Å²) in [5, 5.41) is 6.50. The Morgan fingerprint density at radius 2 is 1.20 bits per heavy atom. The van der Waals surface area contributed by atoms with Crippen molar-refractivity contribution in [2.75, 3.05) is 0 Å². The van der Waals surface area contributed by atoms with Crippen LogP contribution >= 0.6 is 0 Å². The maximum atomic E-state index is 2.36. The summed E-state index contributed by atoms with van der Waals surface area (Å²) in [4.78, 5) is 0. The molecule has 0 nitrogen and oxygen atoms in total. The summed E-state index contributed by atoms with van der Waals surface area (Å²) < 4.78 is 0. The van der Waals surface area contributed by atoms with E-state index in [0.29, 0.717) is 0 Å². The van der Waals surface area contributed by atoms with E-state index in [1.165, 1.54) is 0 Å². The Balaban J connectivity index is 2.65. The molecule has 0 saturated carbocycles. The van der Waals surface area contributed by atoms with Crippen molar-refractivity contribution in [2.24, 2.45) is 0 Å². The molecule has 0 bridgehead atoms. The van der Waals surface area contributed by atoms with Crippen LogP contribution in [0.3, 0.4) is 0 Å². The van der Waals surface area contributed by atoms with Gasteiger partial charge < -0.3 is 0 Å². The zero-order chi connectivity index (χ0) is 7.66. The Morgan fingerprint density at radius 3 is 1.50 bits per heavy atom. The first-order valence-corrected chi connectivity index (χ1v) is 13.3. The van der Waals surface area contributed by atoms with Crippen LogP contribution in [-0.2, 0) is 34.3 Å². The van der Waals surface area contributed by atoms with Crippen molar-refractivity contribution in [3.63, 3.8) is 0 Å². The zero-order valence-corrected chi connectivity index (χ0v) is 13.6. The Labute approximate surface area is 80.7 Å². The monoisotopic (exact) mass is 242 g/mol. The van der Waals surface area contributed by atoms with Crippen LogP contribution < -0.4 is 0 Å². The van der Waals surface area contributed by atoms with Crippen LogP contribution in [0.15, 0.2) is 0 Å². The molecule has 2 heteroatoms. The van der Waals surface area contributed by atoms with Crippen LogP contribution in [0.5, 0.6) is 0 Å². The number of hydrogen-bond acceptors (Lipinski definition) is 0. The van der Waals surface area contributed by atoms with Gasteiger partial charge >= 0.3 is 81.0 Å². The fourth-order valence-corrected chi connectivity index (χ4v) is 6.27. The molecule has 0 radical (unpaired) electrons. The van der Waals surface area contributed by atoms with Gasteiger partial charge in [-0.2, -0.15) is 0 Å². The number of rotatable bonds is 7. The summed E-state index contributed by atoms with van der Waals surface area (Å²) in [5.74, 6) is 0. The van der Waals surface area contributed by atoms with E-state index in [0.717, 1.165) is 0 Å². The van der Waals surface area contributed by atoms with Crippen LogP contribution in [0.4, 0.5) is 0 Å². The van der Waals surface area contributed by atoms with Crippen LogP contribution in [-0.4, -0.2) is 0 Å². The molecule has 0 aliphatic carbocycles. The molecule has 0 saturated heterocycles. The van der Waals surface area contributed by atoms with Gasteiger partial charge in [0, 0.05) is 0 Å². The first-order chi connectivity index (χ1) is 4.91. The van der Waals surface area contributed by atoms with Crippen molar-refractivity contribution in [1.82, 2.24) is 0 Å². The van der Waals surface area contributed by atoms with Crippen LogP contribution in [0.25, 0.3) is 0 Å². The van der Waals surface area contributed by atoms with Gasteiger partial charge in [-0.3, -0.25) is 0 Å². The van der Waals surface area contributed by atoms with Crippen molar-refractivity contribution < 1.29 is 34.3 Å². The summed E-state index contributed by atoms with van der Waals surface area (Å²) in [7, 11) is 0. The van der Waals surface area contributed by atoms with Crippen molar-refractivity contribution in [2.45, 2.75) is 46.7 Å². The first kappa shape index (κ1) is 11.2. The summed E-state index contributed by atoms with van der Waals surface area (Å²) in [6.07, 6.45) is 3.19. The summed E-state index contributed by atoms with van der Waals surface area (Å²) in [6, 6.07) is 0. The Kier molecular flexibility index (Phi) is 11.5. The summed E-state index contributed by atoms with van der Waals surface area (Å²) in [5.41, 5.74) is 0.